The molecule has 1 saturated heterocycles. The van der Waals surface area contributed by atoms with Crippen molar-refractivity contribution in [2.75, 3.05) is 42.6 Å². The van der Waals surface area contributed by atoms with Gasteiger partial charge < -0.3 is 19.9 Å². The Labute approximate surface area is 196 Å². The summed E-state index contributed by atoms with van der Waals surface area (Å²) in [5.41, 5.74) is 6.99. The molecule has 5 nitrogen and oxygen atoms in total. The SMILES string of the molecule is O=C(NCc1ccc(N2CCOCC2)cc1)c1ccc(CN2CCCc3ccccc32)cc1. The van der Waals surface area contributed by atoms with E-state index in [0.29, 0.717) is 12.1 Å². The molecular weight excluding hydrogens is 410 g/mol. The van der Waals surface area contributed by atoms with Crippen molar-refractivity contribution in [2.45, 2.75) is 25.9 Å². The van der Waals surface area contributed by atoms with E-state index in [2.05, 4.69) is 75.8 Å². The number of hydrogen-bond acceptors (Lipinski definition) is 4. The Kier molecular flexibility index (Phi) is 6.58. The van der Waals surface area contributed by atoms with Crippen LogP contribution in [0.15, 0.2) is 72.8 Å². The predicted molar refractivity (Wildman–Crippen MR) is 133 cm³/mol. The van der Waals surface area contributed by atoms with Crippen LogP contribution in [0.2, 0.25) is 0 Å². The van der Waals surface area contributed by atoms with Crippen molar-refractivity contribution in [3.63, 3.8) is 0 Å². The molecule has 0 saturated carbocycles. The van der Waals surface area contributed by atoms with Gasteiger partial charge in [0.2, 0.25) is 0 Å². The van der Waals surface area contributed by atoms with E-state index in [1.807, 2.05) is 12.1 Å². The summed E-state index contributed by atoms with van der Waals surface area (Å²) in [5, 5.41) is 3.05. The Hall–Kier alpha value is -3.31. The number of nitrogens with one attached hydrogen (secondary N) is 1. The number of rotatable bonds is 6. The highest BCUT2D eigenvalue weighted by Crippen LogP contribution is 2.28. The van der Waals surface area contributed by atoms with Crippen molar-refractivity contribution in [1.82, 2.24) is 5.32 Å². The molecule has 0 aromatic heterocycles. The first-order chi connectivity index (χ1) is 16.3. The van der Waals surface area contributed by atoms with Crippen LogP contribution in [0, 0.1) is 0 Å². The second-order valence-electron chi connectivity index (χ2n) is 8.80. The number of amides is 1. The first-order valence-corrected chi connectivity index (χ1v) is 11.9. The van der Waals surface area contributed by atoms with Gasteiger partial charge in [0, 0.05) is 49.7 Å². The van der Waals surface area contributed by atoms with Gasteiger partial charge in [-0.2, -0.15) is 0 Å². The molecule has 2 heterocycles. The molecule has 1 N–H and O–H groups in total. The fourth-order valence-electron chi connectivity index (χ4n) is 4.69. The van der Waals surface area contributed by atoms with Gasteiger partial charge in [-0.25, -0.2) is 0 Å². The standard InChI is InChI=1S/C28H31N3O2/c32-28(29-20-22-9-13-26(14-10-22)30-16-18-33-19-17-30)25-11-7-23(8-12-25)21-31-15-3-5-24-4-1-2-6-27(24)31/h1-2,4,6-14H,3,5,15-21H2,(H,29,32). The van der Waals surface area contributed by atoms with Gasteiger partial charge in [-0.15, -0.1) is 0 Å². The third-order valence-electron chi connectivity index (χ3n) is 6.56. The van der Waals surface area contributed by atoms with Crippen molar-refractivity contribution < 1.29 is 9.53 Å². The number of fused-ring (bicyclic) bond motifs is 1. The number of nitrogens with zero attached hydrogens (tertiary/aromatic N) is 2. The minimum absolute atomic E-state index is 0.0397. The number of aryl methyl sites for hydroxylation is 1. The fraction of sp³-hybridized carbons (Fsp3) is 0.321. The Morgan fingerprint density at radius 1 is 0.848 bits per heavy atom. The average molecular weight is 442 g/mol. The molecule has 3 aromatic carbocycles. The summed E-state index contributed by atoms with van der Waals surface area (Å²) in [6.45, 7) is 5.88. The molecule has 2 aliphatic rings. The van der Waals surface area contributed by atoms with Crippen LogP contribution in [0.4, 0.5) is 11.4 Å². The van der Waals surface area contributed by atoms with Crippen molar-refractivity contribution in [2.24, 2.45) is 0 Å². The minimum atomic E-state index is -0.0397. The topological polar surface area (TPSA) is 44.8 Å². The molecule has 0 bridgehead atoms. The molecule has 3 aromatic rings. The van der Waals surface area contributed by atoms with Gasteiger partial charge in [0.1, 0.15) is 0 Å². The van der Waals surface area contributed by atoms with Crippen LogP contribution in [-0.2, 0) is 24.2 Å². The average Bonchev–Trinajstić information content (AvgIpc) is 2.89. The summed E-state index contributed by atoms with van der Waals surface area (Å²) in [5.74, 6) is -0.0397. The van der Waals surface area contributed by atoms with Gasteiger partial charge in [0.25, 0.3) is 5.91 Å². The smallest absolute Gasteiger partial charge is 0.251 e. The first kappa shape index (κ1) is 21.5. The number of carbonyl (C=O) groups is 1. The molecule has 170 valence electrons. The molecule has 0 aliphatic carbocycles. The zero-order valence-corrected chi connectivity index (χ0v) is 19.0. The lowest BCUT2D eigenvalue weighted by Gasteiger charge is -2.31. The number of hydrogen-bond donors (Lipinski definition) is 1. The highest BCUT2D eigenvalue weighted by molar-refractivity contribution is 5.94. The van der Waals surface area contributed by atoms with Gasteiger partial charge in [0.15, 0.2) is 0 Å². The van der Waals surface area contributed by atoms with Crippen LogP contribution in [0.3, 0.4) is 0 Å². The van der Waals surface area contributed by atoms with Gasteiger partial charge in [0.05, 0.1) is 13.2 Å². The Morgan fingerprint density at radius 3 is 2.36 bits per heavy atom. The first-order valence-electron chi connectivity index (χ1n) is 11.9. The van der Waals surface area contributed by atoms with E-state index in [1.54, 1.807) is 0 Å². The quantitative estimate of drug-likeness (QED) is 0.616. The predicted octanol–water partition coefficient (Wildman–Crippen LogP) is 4.41. The summed E-state index contributed by atoms with van der Waals surface area (Å²) in [7, 11) is 0. The molecule has 33 heavy (non-hydrogen) atoms. The molecule has 5 rings (SSSR count). The fourth-order valence-corrected chi connectivity index (χ4v) is 4.69. The number of carbonyl (C=O) groups excluding carboxylic acids is 1. The normalized spacial score (nSPS) is 15.8. The summed E-state index contributed by atoms with van der Waals surface area (Å²) in [6.07, 6.45) is 2.34. The number of morpholine rings is 1. The van der Waals surface area contributed by atoms with Gasteiger partial charge in [-0.1, -0.05) is 42.5 Å². The maximum atomic E-state index is 12.7. The van der Waals surface area contributed by atoms with Crippen LogP contribution in [0.1, 0.15) is 33.5 Å². The number of para-hydroxylation sites is 1. The van der Waals surface area contributed by atoms with Crippen molar-refractivity contribution in [3.05, 3.63) is 95.1 Å². The van der Waals surface area contributed by atoms with Crippen molar-refractivity contribution >= 4 is 17.3 Å². The van der Waals surface area contributed by atoms with E-state index in [4.69, 9.17) is 4.74 Å². The van der Waals surface area contributed by atoms with E-state index in [-0.39, 0.29) is 5.91 Å². The second kappa shape index (κ2) is 10.1. The van der Waals surface area contributed by atoms with Crippen LogP contribution >= 0.6 is 0 Å². The molecule has 1 fully saturated rings. The molecule has 1 amide bonds. The van der Waals surface area contributed by atoms with Gasteiger partial charge in [-0.3, -0.25) is 4.79 Å². The Bertz CT molecular complexity index is 1070. The zero-order chi connectivity index (χ0) is 22.5. The lowest BCUT2D eigenvalue weighted by atomic mass is 10.0. The van der Waals surface area contributed by atoms with E-state index < -0.39 is 0 Å². The van der Waals surface area contributed by atoms with Crippen molar-refractivity contribution in [3.8, 4) is 0 Å². The molecule has 2 aliphatic heterocycles. The maximum absolute atomic E-state index is 12.7. The molecule has 0 atom stereocenters. The third kappa shape index (κ3) is 5.20. The molecule has 0 radical (unpaired) electrons. The van der Waals surface area contributed by atoms with Crippen LogP contribution in [0.25, 0.3) is 0 Å². The lowest BCUT2D eigenvalue weighted by Crippen LogP contribution is -2.36. The molecule has 5 heteroatoms. The van der Waals surface area contributed by atoms with Gasteiger partial charge >= 0.3 is 0 Å². The highest BCUT2D eigenvalue weighted by Gasteiger charge is 2.16. The highest BCUT2D eigenvalue weighted by atomic mass is 16.5. The van der Waals surface area contributed by atoms with Crippen LogP contribution in [-0.4, -0.2) is 38.8 Å². The second-order valence-corrected chi connectivity index (χ2v) is 8.80. The number of ether oxygens (including phenoxy) is 1. The zero-order valence-electron chi connectivity index (χ0n) is 19.0. The van der Waals surface area contributed by atoms with Gasteiger partial charge in [-0.05, 0) is 59.9 Å². The van der Waals surface area contributed by atoms with E-state index in [9.17, 15) is 4.79 Å². The monoisotopic (exact) mass is 441 g/mol. The summed E-state index contributed by atoms with van der Waals surface area (Å²) >= 11 is 0. The largest absolute Gasteiger partial charge is 0.378 e. The summed E-state index contributed by atoms with van der Waals surface area (Å²) in [4.78, 5) is 17.4. The maximum Gasteiger partial charge on any atom is 0.251 e. The van der Waals surface area contributed by atoms with E-state index in [1.165, 1.54) is 28.9 Å². The molecular formula is C28H31N3O2. The summed E-state index contributed by atoms with van der Waals surface area (Å²) < 4.78 is 5.42. The van der Waals surface area contributed by atoms with E-state index in [0.717, 1.165) is 51.4 Å². The minimum Gasteiger partial charge on any atom is -0.378 e. The Balaban J connectivity index is 1.15. The van der Waals surface area contributed by atoms with Crippen molar-refractivity contribution in [1.29, 1.82) is 0 Å². The van der Waals surface area contributed by atoms with Crippen LogP contribution in [0.5, 0.6) is 0 Å². The third-order valence-corrected chi connectivity index (χ3v) is 6.56. The number of anilines is 2. The lowest BCUT2D eigenvalue weighted by molar-refractivity contribution is 0.0951. The van der Waals surface area contributed by atoms with E-state index >= 15 is 0 Å². The molecule has 0 spiro atoms. The summed E-state index contributed by atoms with van der Waals surface area (Å²) in [6, 6.07) is 25.1. The molecule has 0 unspecified atom stereocenters. The Morgan fingerprint density at radius 2 is 1.58 bits per heavy atom. The van der Waals surface area contributed by atoms with Crippen LogP contribution < -0.4 is 15.1 Å². The number of benzene rings is 3.